The molecule has 2 saturated heterocycles. The van der Waals surface area contributed by atoms with Crippen LogP contribution in [0.3, 0.4) is 0 Å². The molecule has 7 rings (SSSR count). The predicted octanol–water partition coefficient (Wildman–Crippen LogP) is 7.72. The van der Waals surface area contributed by atoms with Crippen molar-refractivity contribution in [2.24, 2.45) is 0 Å². The van der Waals surface area contributed by atoms with Crippen molar-refractivity contribution in [3.05, 3.63) is 75.3 Å². The van der Waals surface area contributed by atoms with Crippen LogP contribution in [0.25, 0.3) is 22.5 Å². The largest absolute Gasteiger partial charge is 0.478 e. The molecule has 2 aliphatic heterocycles. The lowest BCUT2D eigenvalue weighted by Gasteiger charge is -2.38. The van der Waals surface area contributed by atoms with Gasteiger partial charge in [-0.15, -0.1) is 11.3 Å². The zero-order valence-electron chi connectivity index (χ0n) is 22.2. The number of carboxylic acid groups (broad SMARTS) is 1. The first-order valence-corrected chi connectivity index (χ1v) is 15.1. The summed E-state index contributed by atoms with van der Waals surface area (Å²) >= 11 is 8.27. The zero-order valence-corrected chi connectivity index (χ0v) is 23.8. The number of fused-ring (bicyclic) bond motifs is 2. The Kier molecular flexibility index (Phi) is 6.65. The van der Waals surface area contributed by atoms with E-state index >= 15 is 0 Å². The minimum atomic E-state index is -0.921. The molecule has 9 heteroatoms. The van der Waals surface area contributed by atoms with Gasteiger partial charge in [-0.1, -0.05) is 41.0 Å². The Morgan fingerprint density at radius 2 is 1.88 bits per heavy atom. The lowest BCUT2D eigenvalue weighted by atomic mass is 9.99. The molecule has 40 heavy (non-hydrogen) atoms. The van der Waals surface area contributed by atoms with Gasteiger partial charge in [-0.05, 0) is 69.2 Å². The van der Waals surface area contributed by atoms with Crippen LogP contribution in [0.2, 0.25) is 5.02 Å². The quantitative estimate of drug-likeness (QED) is 0.230. The number of aromatic nitrogens is 2. The highest BCUT2D eigenvalue weighted by Gasteiger charge is 2.43. The fraction of sp³-hybridized carbons (Fsp3) is 0.387. The van der Waals surface area contributed by atoms with E-state index < -0.39 is 5.97 Å². The number of benzene rings is 2. The molecule has 2 bridgehead atoms. The zero-order chi connectivity index (χ0) is 27.4. The van der Waals surface area contributed by atoms with Gasteiger partial charge in [0.1, 0.15) is 11.5 Å². The minimum Gasteiger partial charge on any atom is -0.478 e. The third-order valence-electron chi connectivity index (χ3n) is 8.52. The summed E-state index contributed by atoms with van der Waals surface area (Å²) in [6.45, 7) is 2.53. The first kappa shape index (κ1) is 25.7. The fourth-order valence-corrected chi connectivity index (χ4v) is 7.62. The predicted molar refractivity (Wildman–Crippen MR) is 155 cm³/mol. The van der Waals surface area contributed by atoms with E-state index in [1.54, 1.807) is 23.5 Å². The molecule has 2 aromatic carbocycles. The maximum absolute atomic E-state index is 11.2. The second-order valence-corrected chi connectivity index (χ2v) is 12.4. The van der Waals surface area contributed by atoms with Gasteiger partial charge in [0, 0.05) is 40.1 Å². The van der Waals surface area contributed by atoms with Crippen molar-refractivity contribution in [2.75, 3.05) is 4.90 Å². The van der Waals surface area contributed by atoms with E-state index in [9.17, 15) is 9.90 Å². The standard InChI is InChI=1S/C31H30ClN3O4S/c1-17-3-2-4-25(32)27(17)28-24(29(39-34-28)19-7-8-19)15-38-23-13-21-11-12-22(14-23)35(21)31-33-26(16-40-31)18-5-9-20(10-6-18)30(36)37/h2-6,9-10,16,19,21-23H,7-8,11-15H2,1H3,(H,36,37)/t21-,22+,23+. The number of aromatic carboxylic acids is 1. The lowest BCUT2D eigenvalue weighted by molar-refractivity contribution is 0.0147. The Hall–Kier alpha value is -3.20. The van der Waals surface area contributed by atoms with Crippen molar-refractivity contribution in [3.8, 4) is 22.5 Å². The lowest BCUT2D eigenvalue weighted by Crippen LogP contribution is -2.45. The summed E-state index contributed by atoms with van der Waals surface area (Å²) in [4.78, 5) is 18.6. The number of hydrogen-bond donors (Lipinski definition) is 1. The first-order valence-electron chi connectivity index (χ1n) is 13.9. The molecule has 7 nitrogen and oxygen atoms in total. The molecule has 1 N–H and O–H groups in total. The molecule has 3 aliphatic rings. The molecule has 1 aliphatic carbocycles. The van der Waals surface area contributed by atoms with E-state index in [4.69, 9.17) is 25.8 Å². The van der Waals surface area contributed by atoms with Crippen molar-refractivity contribution in [2.45, 2.75) is 76.2 Å². The third kappa shape index (κ3) is 4.72. The number of nitrogens with zero attached hydrogens (tertiary/aromatic N) is 3. The van der Waals surface area contributed by atoms with Crippen LogP contribution < -0.4 is 4.90 Å². The van der Waals surface area contributed by atoms with Crippen LogP contribution in [0.5, 0.6) is 0 Å². The summed E-state index contributed by atoms with van der Waals surface area (Å²) in [7, 11) is 0. The summed E-state index contributed by atoms with van der Waals surface area (Å²) in [6.07, 6.45) is 6.62. The number of carbonyl (C=O) groups is 1. The number of anilines is 1. The average molecular weight is 576 g/mol. The summed E-state index contributed by atoms with van der Waals surface area (Å²) in [5, 5.41) is 17.5. The Morgan fingerprint density at radius 3 is 2.55 bits per heavy atom. The Balaban J connectivity index is 1.06. The van der Waals surface area contributed by atoms with E-state index in [2.05, 4.69) is 28.4 Å². The van der Waals surface area contributed by atoms with Crippen LogP contribution in [0, 0.1) is 6.92 Å². The van der Waals surface area contributed by atoms with E-state index in [1.807, 2.05) is 24.3 Å². The molecule has 1 saturated carbocycles. The molecule has 2 aromatic heterocycles. The first-order chi connectivity index (χ1) is 19.5. The van der Waals surface area contributed by atoms with Crippen molar-refractivity contribution in [3.63, 3.8) is 0 Å². The van der Waals surface area contributed by atoms with Crippen molar-refractivity contribution >= 4 is 34.0 Å². The topological polar surface area (TPSA) is 88.7 Å². The van der Waals surface area contributed by atoms with Gasteiger partial charge in [-0.3, -0.25) is 0 Å². The SMILES string of the molecule is Cc1cccc(Cl)c1-c1noc(C2CC2)c1CO[C@H]1C[C@H]2CC[C@@H](C1)N2c1nc(-c2ccc(C(=O)O)cc2)cs1. The molecule has 4 heterocycles. The van der Waals surface area contributed by atoms with Gasteiger partial charge in [0.2, 0.25) is 0 Å². The van der Waals surface area contributed by atoms with Gasteiger partial charge in [-0.2, -0.15) is 0 Å². The number of hydrogen-bond acceptors (Lipinski definition) is 7. The second kappa shape index (κ2) is 10.3. The average Bonchev–Trinajstić information content (AvgIpc) is 3.42. The molecular weight excluding hydrogens is 546 g/mol. The van der Waals surface area contributed by atoms with Gasteiger partial charge in [0.25, 0.3) is 0 Å². The monoisotopic (exact) mass is 575 g/mol. The van der Waals surface area contributed by atoms with Gasteiger partial charge >= 0.3 is 5.97 Å². The number of piperidine rings is 1. The van der Waals surface area contributed by atoms with E-state index in [0.717, 1.165) is 83.1 Å². The molecule has 0 amide bonds. The van der Waals surface area contributed by atoms with Gasteiger partial charge in [0.15, 0.2) is 5.13 Å². The van der Waals surface area contributed by atoms with Gasteiger partial charge in [0.05, 0.1) is 29.0 Å². The summed E-state index contributed by atoms with van der Waals surface area (Å²) in [5.41, 5.74) is 5.98. The Labute approximate surface area is 241 Å². The van der Waals surface area contributed by atoms with E-state index in [1.165, 1.54) is 0 Å². The summed E-state index contributed by atoms with van der Waals surface area (Å²) in [5.74, 6) is 0.469. The number of halogens is 1. The highest BCUT2D eigenvalue weighted by atomic mass is 35.5. The van der Waals surface area contributed by atoms with Crippen molar-refractivity contribution in [1.29, 1.82) is 0 Å². The normalized spacial score (nSPS) is 22.1. The summed E-state index contributed by atoms with van der Waals surface area (Å²) < 4.78 is 12.5. The molecular formula is C31H30ClN3O4S. The highest BCUT2D eigenvalue weighted by Crippen LogP contribution is 2.46. The molecule has 0 spiro atoms. The summed E-state index contributed by atoms with van der Waals surface area (Å²) in [6, 6.07) is 13.6. The molecule has 0 unspecified atom stereocenters. The molecule has 206 valence electrons. The molecule has 3 fully saturated rings. The van der Waals surface area contributed by atoms with E-state index in [-0.39, 0.29) is 11.7 Å². The number of thiazole rings is 1. The maximum Gasteiger partial charge on any atom is 0.335 e. The fourth-order valence-electron chi connectivity index (χ4n) is 6.33. The Bertz CT molecular complexity index is 1530. The van der Waals surface area contributed by atoms with Crippen molar-refractivity contribution in [1.82, 2.24) is 10.1 Å². The van der Waals surface area contributed by atoms with Crippen LogP contribution in [-0.4, -0.2) is 39.4 Å². The number of ether oxygens (including phenoxy) is 1. The van der Waals surface area contributed by atoms with Gasteiger partial charge in [-0.25, -0.2) is 9.78 Å². The maximum atomic E-state index is 11.2. The molecule has 0 radical (unpaired) electrons. The van der Waals surface area contributed by atoms with Crippen molar-refractivity contribution < 1.29 is 19.2 Å². The number of rotatable bonds is 8. The van der Waals surface area contributed by atoms with Crippen LogP contribution in [0.15, 0.2) is 52.4 Å². The number of carboxylic acids is 1. The van der Waals surface area contributed by atoms with Crippen LogP contribution in [0.4, 0.5) is 5.13 Å². The third-order valence-corrected chi connectivity index (χ3v) is 9.69. The van der Waals surface area contributed by atoms with Gasteiger partial charge < -0.3 is 19.3 Å². The highest BCUT2D eigenvalue weighted by molar-refractivity contribution is 7.14. The smallest absolute Gasteiger partial charge is 0.335 e. The molecule has 4 aromatic rings. The van der Waals surface area contributed by atoms with Crippen LogP contribution >= 0.6 is 22.9 Å². The molecule has 3 atom stereocenters. The second-order valence-electron chi connectivity index (χ2n) is 11.2. The van der Waals surface area contributed by atoms with E-state index in [0.29, 0.717) is 29.6 Å². The number of aryl methyl sites for hydroxylation is 1. The Morgan fingerprint density at radius 1 is 1.12 bits per heavy atom. The minimum absolute atomic E-state index is 0.166. The van der Waals surface area contributed by atoms with Crippen LogP contribution in [0.1, 0.15) is 71.7 Å². The van der Waals surface area contributed by atoms with Crippen LogP contribution in [-0.2, 0) is 11.3 Å².